The lowest BCUT2D eigenvalue weighted by molar-refractivity contribution is -0.138. The smallest absolute Gasteiger partial charge is 0.228 e. The molecule has 1 heterocycles. The normalized spacial score (nSPS) is 35.2. The summed E-state index contributed by atoms with van der Waals surface area (Å²) >= 11 is 0. The summed E-state index contributed by atoms with van der Waals surface area (Å²) in [5, 5.41) is 8.70. The van der Waals surface area contributed by atoms with Gasteiger partial charge in [0.15, 0.2) is 0 Å². The highest BCUT2D eigenvalue weighted by Crippen LogP contribution is 2.36. The van der Waals surface area contributed by atoms with Crippen molar-refractivity contribution in [3.8, 4) is 6.07 Å². The Morgan fingerprint density at radius 2 is 2.00 bits per heavy atom. The van der Waals surface area contributed by atoms with Gasteiger partial charge in [0.05, 0.1) is 30.6 Å². The van der Waals surface area contributed by atoms with Crippen LogP contribution in [0.1, 0.15) is 40.0 Å². The number of amides is 1. The largest absolute Gasteiger partial charge is 0.374 e. The van der Waals surface area contributed by atoms with Gasteiger partial charge in [-0.1, -0.05) is 6.92 Å². The molecule has 0 aromatic rings. The van der Waals surface area contributed by atoms with E-state index in [0.29, 0.717) is 19.0 Å². The van der Waals surface area contributed by atoms with Crippen molar-refractivity contribution in [1.82, 2.24) is 4.90 Å². The Morgan fingerprint density at radius 1 is 1.33 bits per heavy atom. The Morgan fingerprint density at radius 3 is 2.44 bits per heavy atom. The fourth-order valence-electron chi connectivity index (χ4n) is 2.91. The first-order valence-corrected chi connectivity index (χ1v) is 6.89. The number of ether oxygens (including phenoxy) is 1. The van der Waals surface area contributed by atoms with Gasteiger partial charge < -0.3 is 9.64 Å². The van der Waals surface area contributed by atoms with Crippen LogP contribution in [-0.4, -0.2) is 35.6 Å². The predicted octanol–water partition coefficient (Wildman–Crippen LogP) is 1.95. The lowest BCUT2D eigenvalue weighted by Crippen LogP contribution is -2.42. The van der Waals surface area contributed by atoms with E-state index in [1.165, 1.54) is 0 Å². The predicted molar refractivity (Wildman–Crippen MR) is 67.6 cm³/mol. The second kappa shape index (κ2) is 5.27. The quantitative estimate of drug-likeness (QED) is 0.766. The molecule has 18 heavy (non-hydrogen) atoms. The Balaban J connectivity index is 2.06. The lowest BCUT2D eigenvalue weighted by Gasteiger charge is -2.27. The Labute approximate surface area is 109 Å². The summed E-state index contributed by atoms with van der Waals surface area (Å²) in [5.74, 6) is 0.409. The van der Waals surface area contributed by atoms with Crippen molar-refractivity contribution in [1.29, 1.82) is 5.26 Å². The van der Waals surface area contributed by atoms with Crippen LogP contribution < -0.4 is 0 Å². The molecule has 0 bridgehead atoms. The molecule has 0 spiro atoms. The summed E-state index contributed by atoms with van der Waals surface area (Å²) in [6.45, 7) is 6.68. The van der Waals surface area contributed by atoms with Crippen LogP contribution in [0.4, 0.5) is 0 Å². The molecular weight excluding hydrogens is 228 g/mol. The molecule has 1 saturated carbocycles. The summed E-state index contributed by atoms with van der Waals surface area (Å²) in [4.78, 5) is 14.6. The zero-order valence-corrected chi connectivity index (χ0v) is 11.4. The van der Waals surface area contributed by atoms with E-state index in [-0.39, 0.29) is 30.0 Å². The zero-order valence-electron chi connectivity index (χ0n) is 11.4. The molecule has 0 aromatic carbocycles. The molecule has 1 amide bonds. The third-order valence-electron chi connectivity index (χ3n) is 4.26. The van der Waals surface area contributed by atoms with E-state index < -0.39 is 0 Å². The summed E-state index contributed by atoms with van der Waals surface area (Å²) in [7, 11) is 0. The van der Waals surface area contributed by atoms with E-state index in [9.17, 15) is 4.79 Å². The fourth-order valence-corrected chi connectivity index (χ4v) is 2.91. The second-order valence-corrected chi connectivity index (χ2v) is 5.60. The second-order valence-electron chi connectivity index (χ2n) is 5.60. The molecule has 4 unspecified atom stereocenters. The van der Waals surface area contributed by atoms with Crippen molar-refractivity contribution >= 4 is 5.91 Å². The monoisotopic (exact) mass is 250 g/mol. The van der Waals surface area contributed by atoms with E-state index in [2.05, 4.69) is 13.0 Å². The van der Waals surface area contributed by atoms with Crippen LogP contribution in [0.3, 0.4) is 0 Å². The van der Waals surface area contributed by atoms with Gasteiger partial charge in [-0.25, -0.2) is 0 Å². The highest BCUT2D eigenvalue weighted by atomic mass is 16.5. The molecule has 0 radical (unpaired) electrons. The SMILES string of the molecule is CC1OC(C)C(C(=O)N(CCC#N)C2CC2)C1C. The molecule has 4 nitrogen and oxygen atoms in total. The molecule has 2 aliphatic rings. The Kier molecular flexibility index (Phi) is 3.91. The van der Waals surface area contributed by atoms with Crippen LogP contribution in [0.25, 0.3) is 0 Å². The van der Waals surface area contributed by atoms with E-state index in [1.54, 1.807) is 0 Å². The van der Waals surface area contributed by atoms with Crippen LogP contribution in [0, 0.1) is 23.2 Å². The summed E-state index contributed by atoms with van der Waals surface area (Å²) in [6, 6.07) is 2.51. The molecule has 1 saturated heterocycles. The molecular formula is C14H22N2O2. The minimum atomic E-state index is -0.0423. The van der Waals surface area contributed by atoms with Gasteiger partial charge in [0, 0.05) is 12.6 Å². The van der Waals surface area contributed by atoms with Gasteiger partial charge in [0.25, 0.3) is 0 Å². The molecule has 0 N–H and O–H groups in total. The third kappa shape index (κ3) is 2.51. The number of rotatable bonds is 4. The van der Waals surface area contributed by atoms with Crippen LogP contribution in [-0.2, 0) is 9.53 Å². The molecule has 0 aromatic heterocycles. The molecule has 100 valence electrons. The van der Waals surface area contributed by atoms with Crippen LogP contribution in [0.2, 0.25) is 0 Å². The number of nitriles is 1. The van der Waals surface area contributed by atoms with Gasteiger partial charge in [-0.05, 0) is 32.6 Å². The van der Waals surface area contributed by atoms with E-state index in [1.807, 2.05) is 18.7 Å². The van der Waals surface area contributed by atoms with Crippen LogP contribution >= 0.6 is 0 Å². The maximum atomic E-state index is 12.6. The minimum Gasteiger partial charge on any atom is -0.374 e. The van der Waals surface area contributed by atoms with Gasteiger partial charge in [-0.3, -0.25) is 4.79 Å². The van der Waals surface area contributed by atoms with E-state index in [4.69, 9.17) is 10.00 Å². The molecule has 1 aliphatic heterocycles. The summed E-state index contributed by atoms with van der Waals surface area (Å²) in [6.07, 6.45) is 2.73. The zero-order chi connectivity index (χ0) is 13.3. The Hall–Kier alpha value is -1.08. The highest BCUT2D eigenvalue weighted by Gasteiger charge is 2.45. The first-order valence-electron chi connectivity index (χ1n) is 6.89. The molecule has 4 heteroatoms. The van der Waals surface area contributed by atoms with Gasteiger partial charge in [0.1, 0.15) is 0 Å². The third-order valence-corrected chi connectivity index (χ3v) is 4.26. The van der Waals surface area contributed by atoms with E-state index >= 15 is 0 Å². The average Bonchev–Trinajstić information content (AvgIpc) is 3.10. The average molecular weight is 250 g/mol. The van der Waals surface area contributed by atoms with E-state index in [0.717, 1.165) is 12.8 Å². The van der Waals surface area contributed by atoms with Crippen molar-refractivity contribution in [2.75, 3.05) is 6.54 Å². The van der Waals surface area contributed by atoms with Crippen molar-refractivity contribution in [3.63, 3.8) is 0 Å². The maximum Gasteiger partial charge on any atom is 0.228 e. The summed E-state index contributed by atoms with van der Waals surface area (Å²) in [5.41, 5.74) is 0. The first-order chi connectivity index (χ1) is 8.56. The topological polar surface area (TPSA) is 53.3 Å². The van der Waals surface area contributed by atoms with Crippen LogP contribution in [0.15, 0.2) is 0 Å². The van der Waals surface area contributed by atoms with Crippen molar-refractivity contribution < 1.29 is 9.53 Å². The van der Waals surface area contributed by atoms with Gasteiger partial charge in [-0.2, -0.15) is 5.26 Å². The van der Waals surface area contributed by atoms with Crippen molar-refractivity contribution in [2.24, 2.45) is 11.8 Å². The number of nitrogens with zero attached hydrogens (tertiary/aromatic N) is 2. The highest BCUT2D eigenvalue weighted by molar-refractivity contribution is 5.80. The van der Waals surface area contributed by atoms with Gasteiger partial charge >= 0.3 is 0 Å². The standard InChI is InChI=1S/C14H22N2O2/c1-9-10(2)18-11(3)13(9)14(17)16(8-4-7-15)12-5-6-12/h9-13H,4-6,8H2,1-3H3. The number of hydrogen-bond acceptors (Lipinski definition) is 3. The molecule has 2 fully saturated rings. The fraction of sp³-hybridized carbons (Fsp3) is 0.857. The number of carbonyl (C=O) groups is 1. The van der Waals surface area contributed by atoms with Gasteiger partial charge in [0.2, 0.25) is 5.91 Å². The Bertz CT molecular complexity index is 359. The number of carbonyl (C=O) groups excluding carboxylic acids is 1. The molecule has 4 atom stereocenters. The molecule has 1 aliphatic carbocycles. The maximum absolute atomic E-state index is 12.6. The van der Waals surface area contributed by atoms with Crippen molar-refractivity contribution in [3.05, 3.63) is 0 Å². The molecule has 2 rings (SSSR count). The lowest BCUT2D eigenvalue weighted by atomic mass is 9.88. The van der Waals surface area contributed by atoms with Crippen molar-refractivity contribution in [2.45, 2.75) is 58.3 Å². The number of hydrogen-bond donors (Lipinski definition) is 0. The van der Waals surface area contributed by atoms with Crippen LogP contribution in [0.5, 0.6) is 0 Å². The van der Waals surface area contributed by atoms with Gasteiger partial charge in [-0.15, -0.1) is 0 Å². The minimum absolute atomic E-state index is 0.00849. The first kappa shape index (κ1) is 13.4. The summed E-state index contributed by atoms with van der Waals surface area (Å²) < 4.78 is 5.75.